The predicted molar refractivity (Wildman–Crippen MR) is 96.6 cm³/mol. The summed E-state index contributed by atoms with van der Waals surface area (Å²) in [4.78, 5) is 23.3. The van der Waals surface area contributed by atoms with Crippen molar-refractivity contribution < 1.29 is 4.79 Å². The number of likely N-dealkylation sites (tertiary alicyclic amines) is 1. The number of piperidine rings is 1. The molecule has 126 valence electrons. The highest BCUT2D eigenvalue weighted by Gasteiger charge is 2.25. The van der Waals surface area contributed by atoms with E-state index in [1.165, 1.54) is 6.42 Å². The molecule has 1 aromatic heterocycles. The van der Waals surface area contributed by atoms with Crippen molar-refractivity contribution in [3.63, 3.8) is 0 Å². The molecule has 2 heterocycles. The molecule has 1 aliphatic heterocycles. The molecular weight excluding hydrogens is 335 g/mol. The van der Waals surface area contributed by atoms with Gasteiger partial charge in [-0.1, -0.05) is 12.1 Å². The van der Waals surface area contributed by atoms with Crippen LogP contribution in [0.3, 0.4) is 0 Å². The van der Waals surface area contributed by atoms with Gasteiger partial charge in [0.25, 0.3) is 5.91 Å². The Labute approximate surface area is 148 Å². The number of aromatic nitrogens is 2. The predicted octanol–water partition coefficient (Wildman–Crippen LogP) is 2.55. The van der Waals surface area contributed by atoms with E-state index in [1.54, 1.807) is 6.20 Å². The van der Waals surface area contributed by atoms with Gasteiger partial charge in [-0.3, -0.25) is 9.78 Å². The first-order valence-corrected chi connectivity index (χ1v) is 7.43. The summed E-state index contributed by atoms with van der Waals surface area (Å²) in [6.07, 6.45) is 3.82. The van der Waals surface area contributed by atoms with E-state index in [0.29, 0.717) is 11.6 Å². The van der Waals surface area contributed by atoms with Crippen LogP contribution in [0.4, 0.5) is 0 Å². The third kappa shape index (κ3) is 4.53. The fourth-order valence-corrected chi connectivity index (χ4v) is 2.93. The number of nitrogens with one attached hydrogen (secondary N) is 1. The monoisotopic (exact) mass is 356 g/mol. The van der Waals surface area contributed by atoms with Crippen LogP contribution in [0.2, 0.25) is 0 Å². The zero-order valence-corrected chi connectivity index (χ0v) is 14.7. The Hall–Kier alpha value is -1.43. The Morgan fingerprint density at radius 2 is 2.04 bits per heavy atom. The number of fused-ring (bicyclic) bond motifs is 1. The molecule has 0 saturated carbocycles. The molecule has 1 saturated heterocycles. The van der Waals surface area contributed by atoms with Gasteiger partial charge in [-0.05, 0) is 44.5 Å². The zero-order chi connectivity index (χ0) is 14.7. The molecule has 0 spiro atoms. The van der Waals surface area contributed by atoms with Gasteiger partial charge in [0.2, 0.25) is 0 Å². The SMILES string of the molecule is CNCC1CCCN(C(=O)c2cnc3ccccc3n2)C1.Cl.Cl. The molecule has 2 aromatic rings. The van der Waals surface area contributed by atoms with Crippen molar-refractivity contribution in [1.29, 1.82) is 0 Å². The number of rotatable bonds is 3. The molecule has 1 aromatic carbocycles. The number of carbonyl (C=O) groups is 1. The van der Waals surface area contributed by atoms with Crippen LogP contribution in [-0.4, -0.2) is 47.5 Å². The van der Waals surface area contributed by atoms with Gasteiger partial charge in [0.15, 0.2) is 0 Å². The molecule has 0 bridgehead atoms. The average Bonchev–Trinajstić information content (AvgIpc) is 2.54. The van der Waals surface area contributed by atoms with Crippen LogP contribution in [0, 0.1) is 5.92 Å². The van der Waals surface area contributed by atoms with Gasteiger partial charge in [0.1, 0.15) is 5.69 Å². The number of benzene rings is 1. The first kappa shape index (κ1) is 19.6. The summed E-state index contributed by atoms with van der Waals surface area (Å²) in [6.45, 7) is 2.56. The Balaban J connectivity index is 0.00000132. The summed E-state index contributed by atoms with van der Waals surface area (Å²) < 4.78 is 0. The molecule has 1 amide bonds. The lowest BCUT2D eigenvalue weighted by Crippen LogP contribution is -2.42. The standard InChI is InChI=1S/C16H20N4O.2ClH/c1-17-9-12-5-4-8-20(11-12)16(21)15-10-18-13-6-2-3-7-14(13)19-15;;/h2-3,6-7,10,12,17H,4-5,8-9,11H2,1H3;2*1H. The highest BCUT2D eigenvalue weighted by atomic mass is 35.5. The second-order valence-corrected chi connectivity index (χ2v) is 5.56. The van der Waals surface area contributed by atoms with Crippen molar-refractivity contribution in [2.24, 2.45) is 5.92 Å². The van der Waals surface area contributed by atoms with Crippen LogP contribution in [0.1, 0.15) is 23.3 Å². The molecule has 5 nitrogen and oxygen atoms in total. The molecular formula is C16H22Cl2N4O. The molecule has 1 unspecified atom stereocenters. The second kappa shape index (κ2) is 9.01. The van der Waals surface area contributed by atoms with Crippen LogP contribution < -0.4 is 5.32 Å². The van der Waals surface area contributed by atoms with Crippen LogP contribution in [0.25, 0.3) is 11.0 Å². The summed E-state index contributed by atoms with van der Waals surface area (Å²) in [6, 6.07) is 7.63. The maximum absolute atomic E-state index is 12.6. The van der Waals surface area contributed by atoms with Crippen LogP contribution >= 0.6 is 24.8 Å². The number of halogens is 2. The maximum Gasteiger partial charge on any atom is 0.274 e. The summed E-state index contributed by atoms with van der Waals surface area (Å²) in [7, 11) is 1.95. The highest BCUT2D eigenvalue weighted by molar-refractivity contribution is 5.93. The summed E-state index contributed by atoms with van der Waals surface area (Å²) in [5.41, 5.74) is 2.03. The topological polar surface area (TPSA) is 58.1 Å². The van der Waals surface area contributed by atoms with E-state index in [9.17, 15) is 4.79 Å². The van der Waals surface area contributed by atoms with Crippen molar-refractivity contribution in [1.82, 2.24) is 20.2 Å². The fourth-order valence-electron chi connectivity index (χ4n) is 2.93. The lowest BCUT2D eigenvalue weighted by atomic mass is 9.98. The Kier molecular flexibility index (Phi) is 7.68. The van der Waals surface area contributed by atoms with Crippen molar-refractivity contribution in [3.05, 3.63) is 36.2 Å². The second-order valence-electron chi connectivity index (χ2n) is 5.56. The fraction of sp³-hybridized carbons (Fsp3) is 0.438. The molecule has 1 aliphatic rings. The first-order valence-electron chi connectivity index (χ1n) is 7.43. The van der Waals surface area contributed by atoms with Gasteiger partial charge >= 0.3 is 0 Å². The summed E-state index contributed by atoms with van der Waals surface area (Å²) in [5, 5.41) is 3.19. The van der Waals surface area contributed by atoms with Crippen molar-refractivity contribution in [2.45, 2.75) is 12.8 Å². The van der Waals surface area contributed by atoms with Crippen LogP contribution in [-0.2, 0) is 0 Å². The van der Waals surface area contributed by atoms with Crippen molar-refractivity contribution in [3.8, 4) is 0 Å². The van der Waals surface area contributed by atoms with Gasteiger partial charge in [-0.25, -0.2) is 4.98 Å². The first-order chi connectivity index (χ1) is 10.3. The van der Waals surface area contributed by atoms with Gasteiger partial charge in [-0.15, -0.1) is 24.8 Å². The summed E-state index contributed by atoms with van der Waals surface area (Å²) >= 11 is 0. The van der Waals surface area contributed by atoms with Gasteiger partial charge in [0, 0.05) is 13.1 Å². The minimum Gasteiger partial charge on any atom is -0.337 e. The molecule has 0 radical (unpaired) electrons. The third-order valence-corrected chi connectivity index (χ3v) is 3.97. The third-order valence-electron chi connectivity index (χ3n) is 3.97. The largest absolute Gasteiger partial charge is 0.337 e. The number of hydrogen-bond donors (Lipinski definition) is 1. The molecule has 23 heavy (non-hydrogen) atoms. The van der Waals surface area contributed by atoms with E-state index in [2.05, 4.69) is 15.3 Å². The lowest BCUT2D eigenvalue weighted by molar-refractivity contribution is 0.0668. The number of para-hydroxylation sites is 2. The lowest BCUT2D eigenvalue weighted by Gasteiger charge is -2.32. The average molecular weight is 357 g/mol. The normalized spacial score (nSPS) is 17.3. The van der Waals surface area contributed by atoms with Gasteiger partial charge < -0.3 is 10.2 Å². The number of carbonyl (C=O) groups excluding carboxylic acids is 1. The van der Waals surface area contributed by atoms with Crippen molar-refractivity contribution >= 4 is 41.8 Å². The van der Waals surface area contributed by atoms with Gasteiger partial charge in [0.05, 0.1) is 17.2 Å². The smallest absolute Gasteiger partial charge is 0.274 e. The number of amides is 1. The van der Waals surface area contributed by atoms with E-state index >= 15 is 0 Å². The molecule has 3 rings (SSSR count). The maximum atomic E-state index is 12.6. The number of nitrogens with zero attached hydrogens (tertiary/aromatic N) is 3. The zero-order valence-electron chi connectivity index (χ0n) is 13.1. The molecule has 1 N–H and O–H groups in total. The molecule has 0 aliphatic carbocycles. The Bertz CT molecular complexity index is 651. The highest BCUT2D eigenvalue weighted by Crippen LogP contribution is 2.18. The van der Waals surface area contributed by atoms with E-state index in [1.807, 2.05) is 36.2 Å². The minimum absolute atomic E-state index is 0. The Morgan fingerprint density at radius 1 is 1.30 bits per heavy atom. The van der Waals surface area contributed by atoms with E-state index in [4.69, 9.17) is 0 Å². The Morgan fingerprint density at radius 3 is 2.78 bits per heavy atom. The minimum atomic E-state index is -0.00550. The van der Waals surface area contributed by atoms with E-state index in [-0.39, 0.29) is 30.7 Å². The van der Waals surface area contributed by atoms with E-state index in [0.717, 1.165) is 37.1 Å². The number of hydrogen-bond acceptors (Lipinski definition) is 4. The molecule has 1 fully saturated rings. The quantitative estimate of drug-likeness (QED) is 0.917. The van der Waals surface area contributed by atoms with E-state index < -0.39 is 0 Å². The van der Waals surface area contributed by atoms with Crippen molar-refractivity contribution in [2.75, 3.05) is 26.7 Å². The summed E-state index contributed by atoms with van der Waals surface area (Å²) in [5.74, 6) is 0.523. The van der Waals surface area contributed by atoms with Gasteiger partial charge in [-0.2, -0.15) is 0 Å². The molecule has 1 atom stereocenters. The molecule has 7 heteroatoms. The van der Waals surface area contributed by atoms with Crippen LogP contribution in [0.15, 0.2) is 30.5 Å². The van der Waals surface area contributed by atoms with Crippen LogP contribution in [0.5, 0.6) is 0 Å².